The van der Waals surface area contributed by atoms with Crippen LogP contribution >= 0.6 is 0 Å². The average molecular weight is 267 g/mol. The van der Waals surface area contributed by atoms with Gasteiger partial charge in [-0.05, 0) is 31.6 Å². The van der Waals surface area contributed by atoms with E-state index in [0.29, 0.717) is 18.4 Å². The van der Waals surface area contributed by atoms with Crippen LogP contribution in [0.5, 0.6) is 0 Å². The normalized spacial score (nSPS) is 37.7. The van der Waals surface area contributed by atoms with Crippen LogP contribution in [0.3, 0.4) is 0 Å². The summed E-state index contributed by atoms with van der Waals surface area (Å²) in [5, 5.41) is 9.31. The van der Waals surface area contributed by atoms with Gasteiger partial charge in [0.05, 0.1) is 18.6 Å². The third-order valence-corrected chi connectivity index (χ3v) is 4.44. The molecule has 0 aromatic heterocycles. The average Bonchev–Trinajstić information content (AvgIpc) is 2.76. The molecule has 1 saturated heterocycles. The Bertz CT molecular complexity index is 353. The molecule has 2 rings (SSSR count). The van der Waals surface area contributed by atoms with Crippen molar-refractivity contribution in [2.75, 3.05) is 13.2 Å². The van der Waals surface area contributed by atoms with E-state index in [2.05, 4.69) is 13.8 Å². The number of hydrogen-bond donors (Lipinski definition) is 1. The Kier molecular flexibility index (Phi) is 4.97. The van der Waals surface area contributed by atoms with E-state index in [9.17, 15) is 9.90 Å². The molecule has 19 heavy (non-hydrogen) atoms. The van der Waals surface area contributed by atoms with Crippen LogP contribution in [0.2, 0.25) is 0 Å². The second-order valence-corrected chi connectivity index (χ2v) is 6.01. The molecular formula is C15H25NO3. The molecule has 4 nitrogen and oxygen atoms in total. The number of ether oxygens (including phenoxy) is 1. The Balaban J connectivity index is 2.03. The first-order valence-corrected chi connectivity index (χ1v) is 7.48. The highest BCUT2D eigenvalue weighted by molar-refractivity contribution is 5.92. The third-order valence-electron chi connectivity index (χ3n) is 4.44. The molecule has 1 N–H and O–H groups in total. The summed E-state index contributed by atoms with van der Waals surface area (Å²) in [6, 6.07) is 0.332. The molecule has 1 heterocycles. The first-order valence-electron chi connectivity index (χ1n) is 7.48. The highest BCUT2D eigenvalue weighted by Gasteiger charge is 2.36. The lowest BCUT2D eigenvalue weighted by Crippen LogP contribution is -2.29. The lowest BCUT2D eigenvalue weighted by atomic mass is 9.92. The summed E-state index contributed by atoms with van der Waals surface area (Å²) < 4.78 is 5.43. The SMILES string of the molecule is CCCC1CC(=NC2CCOC[C@@H]2C)CC1C(=O)O. The zero-order valence-corrected chi connectivity index (χ0v) is 12.0. The number of carboxylic acids is 1. The first kappa shape index (κ1) is 14.5. The van der Waals surface area contributed by atoms with Crippen molar-refractivity contribution in [1.29, 1.82) is 0 Å². The first-order chi connectivity index (χ1) is 9.11. The monoisotopic (exact) mass is 267 g/mol. The van der Waals surface area contributed by atoms with E-state index in [1.165, 1.54) is 0 Å². The van der Waals surface area contributed by atoms with Crippen molar-refractivity contribution in [2.24, 2.45) is 22.7 Å². The number of carboxylic acid groups (broad SMARTS) is 1. The molecule has 108 valence electrons. The summed E-state index contributed by atoms with van der Waals surface area (Å²) in [5.74, 6) is -0.122. The summed E-state index contributed by atoms with van der Waals surface area (Å²) in [7, 11) is 0. The smallest absolute Gasteiger partial charge is 0.307 e. The van der Waals surface area contributed by atoms with E-state index in [0.717, 1.165) is 44.6 Å². The van der Waals surface area contributed by atoms with Gasteiger partial charge in [0.1, 0.15) is 0 Å². The van der Waals surface area contributed by atoms with Gasteiger partial charge in [-0.2, -0.15) is 0 Å². The van der Waals surface area contributed by atoms with Gasteiger partial charge in [-0.15, -0.1) is 0 Å². The van der Waals surface area contributed by atoms with Gasteiger partial charge in [0.15, 0.2) is 0 Å². The predicted octanol–water partition coefficient (Wildman–Crippen LogP) is 2.76. The Morgan fingerprint density at radius 1 is 1.47 bits per heavy atom. The lowest BCUT2D eigenvalue weighted by Gasteiger charge is -2.26. The number of carbonyl (C=O) groups is 1. The second-order valence-electron chi connectivity index (χ2n) is 6.01. The van der Waals surface area contributed by atoms with Crippen molar-refractivity contribution in [3.63, 3.8) is 0 Å². The van der Waals surface area contributed by atoms with Gasteiger partial charge in [0.2, 0.25) is 0 Å². The van der Waals surface area contributed by atoms with Gasteiger partial charge >= 0.3 is 5.97 Å². The van der Waals surface area contributed by atoms with Crippen LogP contribution in [0.4, 0.5) is 0 Å². The molecule has 3 unspecified atom stereocenters. The zero-order valence-electron chi connectivity index (χ0n) is 12.0. The molecule has 2 aliphatic rings. The summed E-state index contributed by atoms with van der Waals surface area (Å²) >= 11 is 0. The molecule has 1 aliphatic carbocycles. The van der Waals surface area contributed by atoms with Gasteiger partial charge in [-0.3, -0.25) is 9.79 Å². The summed E-state index contributed by atoms with van der Waals surface area (Å²) in [6.07, 6.45) is 4.56. The van der Waals surface area contributed by atoms with Crippen molar-refractivity contribution >= 4 is 11.7 Å². The molecule has 0 aromatic rings. The highest BCUT2D eigenvalue weighted by Crippen LogP contribution is 2.34. The van der Waals surface area contributed by atoms with E-state index < -0.39 is 5.97 Å². The van der Waals surface area contributed by atoms with E-state index in [4.69, 9.17) is 9.73 Å². The second kappa shape index (κ2) is 6.51. The van der Waals surface area contributed by atoms with Crippen molar-refractivity contribution in [3.8, 4) is 0 Å². The van der Waals surface area contributed by atoms with Gasteiger partial charge < -0.3 is 9.84 Å². The molecule has 0 bridgehead atoms. The van der Waals surface area contributed by atoms with Gasteiger partial charge in [0.25, 0.3) is 0 Å². The molecule has 0 aromatic carbocycles. The van der Waals surface area contributed by atoms with Crippen LogP contribution in [0, 0.1) is 17.8 Å². The Labute approximate surface area is 115 Å². The van der Waals surface area contributed by atoms with E-state index in [1.54, 1.807) is 0 Å². The van der Waals surface area contributed by atoms with Crippen LogP contribution in [-0.4, -0.2) is 36.0 Å². The number of aliphatic imine (C=N–C) groups is 1. The molecule has 1 aliphatic heterocycles. The van der Waals surface area contributed by atoms with Crippen molar-refractivity contribution in [2.45, 2.75) is 52.0 Å². The van der Waals surface area contributed by atoms with Crippen LogP contribution in [0.1, 0.15) is 46.0 Å². The van der Waals surface area contributed by atoms with Crippen LogP contribution in [0.25, 0.3) is 0 Å². The van der Waals surface area contributed by atoms with Crippen LogP contribution in [0.15, 0.2) is 4.99 Å². The van der Waals surface area contributed by atoms with Crippen molar-refractivity contribution < 1.29 is 14.6 Å². The van der Waals surface area contributed by atoms with Gasteiger partial charge in [0, 0.05) is 18.2 Å². The summed E-state index contributed by atoms with van der Waals surface area (Å²) in [6.45, 7) is 5.85. The van der Waals surface area contributed by atoms with Gasteiger partial charge in [-0.1, -0.05) is 20.3 Å². The largest absolute Gasteiger partial charge is 0.481 e. The van der Waals surface area contributed by atoms with Crippen molar-refractivity contribution in [1.82, 2.24) is 0 Å². The molecular weight excluding hydrogens is 242 g/mol. The Morgan fingerprint density at radius 3 is 2.89 bits per heavy atom. The van der Waals surface area contributed by atoms with Crippen LogP contribution < -0.4 is 0 Å². The summed E-state index contributed by atoms with van der Waals surface area (Å²) in [5.41, 5.74) is 1.13. The van der Waals surface area contributed by atoms with Crippen LogP contribution in [-0.2, 0) is 9.53 Å². The maximum Gasteiger partial charge on any atom is 0.307 e. The standard InChI is InChI=1S/C15H25NO3/c1-3-4-11-7-12(8-13(11)15(17)18)16-14-5-6-19-9-10(14)2/h10-11,13-14H,3-9H2,1-2H3,(H,17,18)/t10-,11?,13?,14?/m0/s1. The van der Waals surface area contributed by atoms with Gasteiger partial charge in [-0.25, -0.2) is 0 Å². The number of aliphatic carboxylic acids is 1. The number of hydrogen-bond acceptors (Lipinski definition) is 3. The lowest BCUT2D eigenvalue weighted by molar-refractivity contribution is -0.142. The molecule has 4 heteroatoms. The summed E-state index contributed by atoms with van der Waals surface area (Å²) in [4.78, 5) is 16.2. The third kappa shape index (κ3) is 3.56. The maximum atomic E-state index is 11.3. The zero-order chi connectivity index (χ0) is 13.8. The molecule has 1 saturated carbocycles. The molecule has 0 spiro atoms. The molecule has 4 atom stereocenters. The minimum absolute atomic E-state index is 0.214. The quantitative estimate of drug-likeness (QED) is 0.852. The van der Waals surface area contributed by atoms with Crippen molar-refractivity contribution in [3.05, 3.63) is 0 Å². The van der Waals surface area contributed by atoms with E-state index in [-0.39, 0.29) is 11.8 Å². The van der Waals surface area contributed by atoms with E-state index in [1.807, 2.05) is 0 Å². The fourth-order valence-corrected chi connectivity index (χ4v) is 3.31. The molecule has 0 amide bonds. The predicted molar refractivity (Wildman–Crippen MR) is 74.6 cm³/mol. The number of nitrogens with zero attached hydrogens (tertiary/aromatic N) is 1. The Hall–Kier alpha value is -0.900. The van der Waals surface area contributed by atoms with E-state index >= 15 is 0 Å². The fraction of sp³-hybridized carbons (Fsp3) is 0.867. The Morgan fingerprint density at radius 2 is 2.26 bits per heavy atom. The topological polar surface area (TPSA) is 58.9 Å². The molecule has 2 fully saturated rings. The fourth-order valence-electron chi connectivity index (χ4n) is 3.31. The minimum Gasteiger partial charge on any atom is -0.481 e. The maximum absolute atomic E-state index is 11.3. The minimum atomic E-state index is -0.649. The number of rotatable bonds is 4. The highest BCUT2D eigenvalue weighted by atomic mass is 16.5. The molecule has 0 radical (unpaired) electrons.